The molecule has 2 heterocycles. The molecule has 1 unspecified atom stereocenters. The minimum Gasteiger partial charge on any atom is -0.507 e. The quantitative estimate of drug-likeness (QED) is 0.157. The van der Waals surface area contributed by atoms with Crippen LogP contribution >= 0.6 is 0 Å². The number of carbonyl (C=O) groups is 2. The van der Waals surface area contributed by atoms with Crippen LogP contribution in [0.5, 0.6) is 11.5 Å². The van der Waals surface area contributed by atoms with Crippen molar-refractivity contribution in [2.24, 2.45) is 0 Å². The fourth-order valence-electron chi connectivity index (χ4n) is 4.72. The molecule has 0 bridgehead atoms. The maximum absolute atomic E-state index is 13.4. The second kappa shape index (κ2) is 11.9. The van der Waals surface area contributed by atoms with E-state index in [1.165, 1.54) is 4.90 Å². The number of nitrogens with zero attached hydrogens (tertiary/aromatic N) is 2. The molecular weight excluding hydrogens is 480 g/mol. The van der Waals surface area contributed by atoms with E-state index in [1.54, 1.807) is 37.7 Å². The Kier molecular flexibility index (Phi) is 8.46. The van der Waals surface area contributed by atoms with Crippen molar-refractivity contribution in [3.63, 3.8) is 0 Å². The third-order valence-corrected chi connectivity index (χ3v) is 6.77. The number of hydrogen-bond acceptors (Lipinski definition) is 6. The monoisotopic (exact) mass is 514 g/mol. The summed E-state index contributed by atoms with van der Waals surface area (Å²) in [4.78, 5) is 32.4. The summed E-state index contributed by atoms with van der Waals surface area (Å²) in [7, 11) is 1.56. The van der Waals surface area contributed by atoms with Gasteiger partial charge in [-0.05, 0) is 61.2 Å². The van der Waals surface area contributed by atoms with Gasteiger partial charge in [0.2, 0.25) is 0 Å². The molecule has 1 fully saturated rings. The van der Waals surface area contributed by atoms with E-state index in [9.17, 15) is 14.7 Å². The predicted octanol–water partition coefficient (Wildman–Crippen LogP) is 5.90. The minimum atomic E-state index is -0.821. The van der Waals surface area contributed by atoms with E-state index < -0.39 is 17.7 Å². The Bertz CT molecular complexity index is 1350. The Labute approximate surface area is 223 Å². The van der Waals surface area contributed by atoms with Crippen LogP contribution in [0, 0.1) is 13.8 Å². The van der Waals surface area contributed by atoms with Crippen molar-refractivity contribution < 1.29 is 24.2 Å². The number of unbranched alkanes of at least 4 members (excludes halogenated alkanes) is 2. The topological polar surface area (TPSA) is 89.0 Å². The molecule has 7 heteroatoms. The lowest BCUT2D eigenvalue weighted by Gasteiger charge is -2.26. The van der Waals surface area contributed by atoms with Crippen molar-refractivity contribution in [3.05, 3.63) is 94.3 Å². The number of aliphatic hydroxyl groups excluding tert-OH is 1. The van der Waals surface area contributed by atoms with Gasteiger partial charge in [-0.3, -0.25) is 14.6 Å². The van der Waals surface area contributed by atoms with Gasteiger partial charge in [0.05, 0.1) is 25.3 Å². The third kappa shape index (κ3) is 5.57. The number of ether oxygens (including phenoxy) is 2. The normalized spacial score (nSPS) is 16.6. The van der Waals surface area contributed by atoms with Crippen molar-refractivity contribution >= 4 is 17.4 Å². The number of ketones is 1. The zero-order valence-corrected chi connectivity index (χ0v) is 22.4. The highest BCUT2D eigenvalue weighted by molar-refractivity contribution is 6.46. The van der Waals surface area contributed by atoms with Crippen LogP contribution in [-0.4, -0.2) is 40.4 Å². The van der Waals surface area contributed by atoms with Crippen molar-refractivity contribution in [2.75, 3.05) is 13.7 Å². The van der Waals surface area contributed by atoms with Crippen molar-refractivity contribution in [1.82, 2.24) is 9.88 Å². The molecule has 2 aromatic carbocycles. The lowest BCUT2D eigenvalue weighted by molar-refractivity contribution is -0.140. The van der Waals surface area contributed by atoms with E-state index in [4.69, 9.17) is 9.47 Å². The summed E-state index contributed by atoms with van der Waals surface area (Å²) < 4.78 is 11.6. The maximum Gasteiger partial charge on any atom is 0.295 e. The van der Waals surface area contributed by atoms with Crippen LogP contribution in [0.4, 0.5) is 0 Å². The second-order valence-electron chi connectivity index (χ2n) is 9.57. The lowest BCUT2D eigenvalue weighted by Crippen LogP contribution is -2.29. The molecule has 198 valence electrons. The highest BCUT2D eigenvalue weighted by Crippen LogP contribution is 2.43. The summed E-state index contributed by atoms with van der Waals surface area (Å²) in [5, 5.41) is 11.5. The van der Waals surface area contributed by atoms with Crippen LogP contribution in [-0.2, 0) is 16.1 Å². The van der Waals surface area contributed by atoms with Crippen LogP contribution in [0.3, 0.4) is 0 Å². The number of aromatic nitrogens is 1. The number of amides is 1. The van der Waals surface area contributed by atoms with Gasteiger partial charge in [0.15, 0.2) is 11.5 Å². The number of carbonyl (C=O) groups excluding carboxylic acids is 2. The first-order valence-electron chi connectivity index (χ1n) is 12.9. The summed E-state index contributed by atoms with van der Waals surface area (Å²) in [6.45, 7) is 6.64. The molecule has 0 radical (unpaired) electrons. The number of aliphatic hydroxyl groups is 1. The highest BCUT2D eigenvalue weighted by atomic mass is 16.5. The third-order valence-electron chi connectivity index (χ3n) is 6.77. The number of pyridine rings is 1. The Morgan fingerprint density at radius 3 is 2.58 bits per heavy atom. The Morgan fingerprint density at radius 1 is 1.05 bits per heavy atom. The van der Waals surface area contributed by atoms with Crippen LogP contribution in [0.25, 0.3) is 5.76 Å². The van der Waals surface area contributed by atoms with Crippen LogP contribution in [0.2, 0.25) is 0 Å². The number of methoxy groups -OCH3 is 1. The summed E-state index contributed by atoms with van der Waals surface area (Å²) in [6, 6.07) is 13.9. The van der Waals surface area contributed by atoms with Gasteiger partial charge in [0.1, 0.15) is 5.76 Å². The first-order chi connectivity index (χ1) is 18.3. The molecule has 1 aliphatic heterocycles. The summed E-state index contributed by atoms with van der Waals surface area (Å²) in [5.74, 6) is -0.508. The van der Waals surface area contributed by atoms with Crippen LogP contribution in [0.1, 0.15) is 60.0 Å². The number of rotatable bonds is 10. The molecular formula is C31H34N2O5. The van der Waals surface area contributed by atoms with Crippen LogP contribution in [0.15, 0.2) is 66.5 Å². The van der Waals surface area contributed by atoms with Gasteiger partial charge in [0.25, 0.3) is 11.7 Å². The fourth-order valence-corrected chi connectivity index (χ4v) is 4.72. The second-order valence-corrected chi connectivity index (χ2v) is 9.57. The van der Waals surface area contributed by atoms with E-state index >= 15 is 0 Å². The largest absolute Gasteiger partial charge is 0.507 e. The van der Waals surface area contributed by atoms with Gasteiger partial charge in [-0.15, -0.1) is 0 Å². The minimum absolute atomic E-state index is 0.0475. The molecule has 4 rings (SSSR count). The molecule has 0 aliphatic carbocycles. The Hall–Kier alpha value is -4.13. The molecule has 1 amide bonds. The van der Waals surface area contributed by atoms with Crippen LogP contribution < -0.4 is 9.47 Å². The summed E-state index contributed by atoms with van der Waals surface area (Å²) in [5.41, 5.74) is 3.72. The molecule has 1 saturated heterocycles. The predicted molar refractivity (Wildman–Crippen MR) is 146 cm³/mol. The number of hydrogen-bond donors (Lipinski definition) is 1. The van der Waals surface area contributed by atoms with Gasteiger partial charge in [-0.2, -0.15) is 0 Å². The molecule has 3 aromatic rings. The summed E-state index contributed by atoms with van der Waals surface area (Å²) in [6.07, 6.45) is 6.41. The van der Waals surface area contributed by atoms with E-state index in [0.717, 1.165) is 36.0 Å². The van der Waals surface area contributed by atoms with Gasteiger partial charge in [-0.25, -0.2) is 0 Å². The zero-order chi connectivity index (χ0) is 27.2. The van der Waals surface area contributed by atoms with Crippen molar-refractivity contribution in [1.29, 1.82) is 0 Å². The lowest BCUT2D eigenvalue weighted by atomic mass is 9.93. The Morgan fingerprint density at radius 2 is 1.87 bits per heavy atom. The zero-order valence-electron chi connectivity index (χ0n) is 22.4. The van der Waals surface area contributed by atoms with Gasteiger partial charge >= 0.3 is 0 Å². The average molecular weight is 515 g/mol. The smallest absolute Gasteiger partial charge is 0.295 e. The van der Waals surface area contributed by atoms with E-state index in [-0.39, 0.29) is 17.9 Å². The maximum atomic E-state index is 13.4. The van der Waals surface area contributed by atoms with Crippen molar-refractivity contribution in [3.8, 4) is 11.5 Å². The molecule has 7 nitrogen and oxygen atoms in total. The first-order valence-corrected chi connectivity index (χ1v) is 12.9. The average Bonchev–Trinajstić information content (AvgIpc) is 3.17. The molecule has 1 aromatic heterocycles. The number of Topliss-reactive ketones (excluding diaryl/α,β-unsaturated/α-hetero) is 1. The molecule has 1 aliphatic rings. The van der Waals surface area contributed by atoms with Gasteiger partial charge < -0.3 is 19.5 Å². The van der Waals surface area contributed by atoms with Gasteiger partial charge in [-0.1, -0.05) is 49.6 Å². The molecule has 0 spiro atoms. The standard InChI is InChI=1S/C31H34N2O5/c1-5-6-7-15-38-25-13-12-23(17-26(25)37-4)28-27(29(34)24-16-20(2)10-11-21(24)3)30(35)31(36)33(28)19-22-9-8-14-32-18-22/h8-14,16-18,28,34H,5-7,15,19H2,1-4H3/b29-27+. The molecule has 0 saturated carbocycles. The SMILES string of the molecule is CCCCCOc1ccc(C2/C(=C(\O)c3cc(C)ccc3C)C(=O)C(=O)N2Cc2cccnc2)cc1OC. The molecule has 1 N–H and O–H groups in total. The highest BCUT2D eigenvalue weighted by Gasteiger charge is 2.46. The number of aryl methyl sites for hydroxylation is 2. The molecule has 38 heavy (non-hydrogen) atoms. The van der Waals surface area contributed by atoms with Gasteiger partial charge in [0, 0.05) is 24.5 Å². The number of benzene rings is 2. The van der Waals surface area contributed by atoms with E-state index in [0.29, 0.717) is 29.2 Å². The van der Waals surface area contributed by atoms with E-state index in [2.05, 4.69) is 11.9 Å². The van der Waals surface area contributed by atoms with Crippen molar-refractivity contribution in [2.45, 2.75) is 52.6 Å². The molecule has 1 atom stereocenters. The fraction of sp³-hybridized carbons (Fsp3) is 0.323. The summed E-state index contributed by atoms with van der Waals surface area (Å²) >= 11 is 0. The van der Waals surface area contributed by atoms with E-state index in [1.807, 2.05) is 44.2 Å². The number of likely N-dealkylation sites (tertiary alicyclic amines) is 1. The first kappa shape index (κ1) is 26.9. The Balaban J connectivity index is 1.83.